The lowest BCUT2D eigenvalue weighted by molar-refractivity contribution is -0.889. The van der Waals surface area contributed by atoms with Crippen molar-refractivity contribution in [1.29, 1.82) is 0 Å². The van der Waals surface area contributed by atoms with Crippen molar-refractivity contribution < 1.29 is 38.2 Å². The normalized spacial score (nSPS) is 13.1. The van der Waals surface area contributed by atoms with Crippen molar-refractivity contribution in [3.8, 4) is 0 Å². The number of carboxylic acid groups (broad SMARTS) is 1. The predicted molar refractivity (Wildman–Crippen MR) is 222 cm³/mol. The quantitative estimate of drug-likeness (QED) is 0.0265. The molecule has 0 rings (SSSR count). The van der Waals surface area contributed by atoms with Gasteiger partial charge in [0.05, 0.1) is 40.3 Å². The van der Waals surface area contributed by atoms with E-state index in [1.54, 1.807) is 21.1 Å². The van der Waals surface area contributed by atoms with Crippen LogP contribution in [0.3, 0.4) is 0 Å². The van der Waals surface area contributed by atoms with Crippen molar-refractivity contribution in [2.45, 2.75) is 212 Å². The molecule has 0 fully saturated rings. The third-order valence-electron chi connectivity index (χ3n) is 10.1. The summed E-state index contributed by atoms with van der Waals surface area (Å²) in [6.07, 6.45) is 40.5. The number of carbonyl (C=O) groups excluding carboxylic acids is 3. The second kappa shape index (κ2) is 37.7. The Morgan fingerprint density at radius 1 is 0.556 bits per heavy atom. The van der Waals surface area contributed by atoms with Crippen molar-refractivity contribution >= 4 is 17.9 Å². The van der Waals surface area contributed by atoms with Gasteiger partial charge in [0, 0.05) is 19.3 Å². The summed E-state index contributed by atoms with van der Waals surface area (Å²) in [5, 5.41) is 11.6. The fourth-order valence-corrected chi connectivity index (χ4v) is 6.58. The van der Waals surface area contributed by atoms with Crippen LogP contribution in [-0.2, 0) is 28.6 Å². The highest BCUT2D eigenvalue weighted by Crippen LogP contribution is 2.15. The minimum absolute atomic E-state index is 0.0387. The summed E-state index contributed by atoms with van der Waals surface area (Å²) >= 11 is 0. The van der Waals surface area contributed by atoms with Crippen molar-refractivity contribution in [1.82, 2.24) is 0 Å². The summed E-state index contributed by atoms with van der Waals surface area (Å²) in [7, 11) is 5.40. The lowest BCUT2D eigenvalue weighted by Gasteiger charge is -2.34. The van der Waals surface area contributed by atoms with Gasteiger partial charge in [0.25, 0.3) is 0 Å². The van der Waals surface area contributed by atoms with E-state index in [0.29, 0.717) is 12.8 Å². The van der Waals surface area contributed by atoms with E-state index in [1.165, 1.54) is 96.3 Å². The van der Waals surface area contributed by atoms with Crippen LogP contribution in [0.1, 0.15) is 200 Å². The summed E-state index contributed by atoms with van der Waals surface area (Å²) in [6.45, 7) is 4.60. The van der Waals surface area contributed by atoms with Crippen molar-refractivity contribution in [3.05, 3.63) is 24.3 Å². The van der Waals surface area contributed by atoms with Crippen LogP contribution in [0.25, 0.3) is 0 Å². The number of ether oxygens (including phenoxy) is 3. The Balaban J connectivity index is 4.30. The first kappa shape index (κ1) is 51.8. The number of carbonyl (C=O) groups is 3. The van der Waals surface area contributed by atoms with E-state index in [9.17, 15) is 19.5 Å². The summed E-state index contributed by atoms with van der Waals surface area (Å²) in [6, 6.07) is -0.725. The van der Waals surface area contributed by atoms with Gasteiger partial charge in [-0.15, -0.1) is 0 Å². The first-order valence-electron chi connectivity index (χ1n) is 22.4. The molecule has 8 nitrogen and oxygen atoms in total. The maximum absolute atomic E-state index is 12.7. The molecule has 0 aliphatic carbocycles. The van der Waals surface area contributed by atoms with Crippen LogP contribution in [0.2, 0.25) is 0 Å². The molecule has 0 heterocycles. The van der Waals surface area contributed by atoms with Gasteiger partial charge in [-0.3, -0.25) is 9.59 Å². The molecule has 0 spiro atoms. The number of aliphatic carboxylic acids is 1. The third-order valence-corrected chi connectivity index (χ3v) is 10.1. The van der Waals surface area contributed by atoms with Gasteiger partial charge < -0.3 is 28.6 Å². The topological polar surface area (TPSA) is 102 Å². The highest BCUT2D eigenvalue weighted by Gasteiger charge is 2.25. The second-order valence-electron chi connectivity index (χ2n) is 16.3. The molecule has 0 aromatic heterocycles. The van der Waals surface area contributed by atoms with Crippen LogP contribution in [0.15, 0.2) is 24.3 Å². The number of allylic oxidation sites excluding steroid dienone is 4. The average molecular weight is 764 g/mol. The number of carboxylic acids is 1. The van der Waals surface area contributed by atoms with E-state index in [1.807, 2.05) is 0 Å². The molecule has 2 unspecified atom stereocenters. The molecule has 0 radical (unpaired) electrons. The molecule has 0 N–H and O–H groups in total. The molecule has 0 saturated heterocycles. The molecule has 54 heavy (non-hydrogen) atoms. The summed E-state index contributed by atoms with van der Waals surface area (Å²) < 4.78 is 17.2. The molecule has 316 valence electrons. The van der Waals surface area contributed by atoms with Gasteiger partial charge >= 0.3 is 11.9 Å². The average Bonchev–Trinajstić information content (AvgIpc) is 3.12. The molecule has 0 bridgehead atoms. The number of rotatable bonds is 40. The molecule has 0 saturated carbocycles. The zero-order valence-corrected chi connectivity index (χ0v) is 35.9. The molecule has 8 heteroatoms. The van der Waals surface area contributed by atoms with Crippen molar-refractivity contribution in [3.63, 3.8) is 0 Å². The lowest BCUT2D eigenvalue weighted by atomic mass is 10.0. The number of quaternary nitrogens is 1. The first-order valence-corrected chi connectivity index (χ1v) is 22.4. The maximum atomic E-state index is 12.7. The molecular formula is C46H85NO7. The van der Waals surface area contributed by atoms with Gasteiger partial charge in [0.15, 0.2) is 6.10 Å². The Morgan fingerprint density at radius 2 is 1.02 bits per heavy atom. The smallest absolute Gasteiger partial charge is 0.306 e. The monoisotopic (exact) mass is 764 g/mol. The van der Waals surface area contributed by atoms with Gasteiger partial charge in [-0.2, -0.15) is 0 Å². The largest absolute Gasteiger partial charge is 0.544 e. The summed E-state index contributed by atoms with van der Waals surface area (Å²) in [5.41, 5.74) is 0. The van der Waals surface area contributed by atoms with Gasteiger partial charge in [0.2, 0.25) is 0 Å². The van der Waals surface area contributed by atoms with Gasteiger partial charge in [-0.05, 0) is 38.5 Å². The van der Waals surface area contributed by atoms with Gasteiger partial charge in [0.1, 0.15) is 12.6 Å². The number of hydrogen-bond donors (Lipinski definition) is 0. The minimum Gasteiger partial charge on any atom is -0.544 e. The number of unbranched alkanes of at least 4 members (excludes halogenated alkanes) is 22. The third kappa shape index (κ3) is 35.5. The van der Waals surface area contributed by atoms with Crippen LogP contribution < -0.4 is 5.11 Å². The van der Waals surface area contributed by atoms with Crippen LogP contribution in [0.5, 0.6) is 0 Å². The Bertz CT molecular complexity index is 942. The Hall–Kier alpha value is -2.19. The van der Waals surface area contributed by atoms with E-state index < -0.39 is 18.1 Å². The minimum atomic E-state index is -1.13. The van der Waals surface area contributed by atoms with Gasteiger partial charge in [-0.1, -0.05) is 167 Å². The molecule has 0 aliphatic heterocycles. The number of nitrogens with zero attached hydrogens (tertiary/aromatic N) is 1. The number of hydrogen-bond acceptors (Lipinski definition) is 7. The fraction of sp³-hybridized carbons (Fsp3) is 0.848. The Labute approximate surface area is 332 Å². The molecule has 0 amide bonds. The van der Waals surface area contributed by atoms with E-state index in [0.717, 1.165) is 70.6 Å². The fourth-order valence-electron chi connectivity index (χ4n) is 6.58. The Kier molecular flexibility index (Phi) is 36.2. The first-order chi connectivity index (χ1) is 26.1. The molecular weight excluding hydrogens is 679 g/mol. The van der Waals surface area contributed by atoms with Crippen molar-refractivity contribution in [2.24, 2.45) is 0 Å². The summed E-state index contributed by atoms with van der Waals surface area (Å²) in [4.78, 5) is 36.8. The highest BCUT2D eigenvalue weighted by atomic mass is 16.6. The highest BCUT2D eigenvalue weighted by molar-refractivity contribution is 5.70. The number of likely N-dealkylation sites (N-methyl/N-ethyl adjacent to an activating group) is 1. The van der Waals surface area contributed by atoms with Crippen LogP contribution >= 0.6 is 0 Å². The van der Waals surface area contributed by atoms with Gasteiger partial charge in [-0.25, -0.2) is 0 Å². The zero-order valence-electron chi connectivity index (χ0n) is 35.9. The van der Waals surface area contributed by atoms with Crippen LogP contribution in [0.4, 0.5) is 0 Å². The molecule has 0 aromatic rings. The maximum Gasteiger partial charge on any atom is 0.306 e. The SMILES string of the molecule is CCC/C=C\C/C=C\CCCCCCCC(=O)OC(COCCC(C(=O)[O-])[N+](C)(C)C)COC(=O)CCCCCCCCCCCCCCCCCCC. The zero-order chi connectivity index (χ0) is 40.0. The van der Waals surface area contributed by atoms with E-state index in [4.69, 9.17) is 14.2 Å². The molecule has 2 atom stereocenters. The van der Waals surface area contributed by atoms with Crippen LogP contribution in [-0.4, -0.2) is 75.5 Å². The van der Waals surface area contributed by atoms with E-state index >= 15 is 0 Å². The second-order valence-corrected chi connectivity index (χ2v) is 16.3. The lowest BCUT2D eigenvalue weighted by Crippen LogP contribution is -2.55. The standard InChI is InChI=1S/C46H85NO7/c1-6-8-10-12-14-16-18-20-21-22-23-25-26-28-30-32-34-36-44(48)53-41-42(40-52-39-38-43(46(50)51)47(3,4)5)54-45(49)37-35-33-31-29-27-24-19-17-15-13-11-9-7-2/h11,13,17,19,42-43H,6-10,12,14-16,18,20-41H2,1-5H3/b13-11-,19-17-. The van der Waals surface area contributed by atoms with E-state index in [2.05, 4.69) is 38.2 Å². The molecule has 0 aliphatic rings. The Morgan fingerprint density at radius 3 is 1.50 bits per heavy atom. The van der Waals surface area contributed by atoms with Crippen LogP contribution in [0, 0.1) is 0 Å². The van der Waals surface area contributed by atoms with Crippen molar-refractivity contribution in [2.75, 3.05) is 41.0 Å². The van der Waals surface area contributed by atoms with E-state index in [-0.39, 0.29) is 42.7 Å². The molecule has 0 aromatic carbocycles. The summed E-state index contributed by atoms with van der Waals surface area (Å²) in [5.74, 6) is -1.74. The predicted octanol–water partition coefficient (Wildman–Crippen LogP) is 10.7. The number of esters is 2.